The molecule has 168 valence electrons. The van der Waals surface area contributed by atoms with Crippen LogP contribution in [0.15, 0.2) is 30.3 Å². The zero-order valence-electron chi connectivity index (χ0n) is 19.2. The van der Waals surface area contributed by atoms with Crippen LogP contribution in [0.3, 0.4) is 0 Å². The molecule has 7 heteroatoms. The van der Waals surface area contributed by atoms with E-state index in [1.165, 1.54) is 6.92 Å². The number of aryl methyl sites for hydroxylation is 3. The molecular formula is C25H31N5O2. The minimum Gasteiger partial charge on any atom is -0.355 e. The van der Waals surface area contributed by atoms with Gasteiger partial charge in [0.25, 0.3) is 0 Å². The maximum absolute atomic E-state index is 13.0. The highest BCUT2D eigenvalue weighted by Gasteiger charge is 2.27. The molecule has 2 heterocycles. The van der Waals surface area contributed by atoms with Crippen molar-refractivity contribution in [3.63, 3.8) is 0 Å². The van der Waals surface area contributed by atoms with Gasteiger partial charge in [-0.05, 0) is 50.8 Å². The number of hydrogen-bond donors (Lipinski definition) is 2. The average molecular weight is 434 g/mol. The summed E-state index contributed by atoms with van der Waals surface area (Å²) in [7, 11) is 0. The second-order valence-corrected chi connectivity index (χ2v) is 8.60. The van der Waals surface area contributed by atoms with Crippen LogP contribution in [0, 0.1) is 32.1 Å². The monoisotopic (exact) mass is 433 g/mol. The highest BCUT2D eigenvalue weighted by Crippen LogP contribution is 2.25. The van der Waals surface area contributed by atoms with Gasteiger partial charge < -0.3 is 15.5 Å². The lowest BCUT2D eigenvalue weighted by atomic mass is 10.0. The number of anilines is 1. The summed E-state index contributed by atoms with van der Waals surface area (Å²) < 4.78 is 0. The van der Waals surface area contributed by atoms with Gasteiger partial charge in [-0.25, -0.2) is 4.98 Å². The Labute approximate surface area is 189 Å². The topological polar surface area (TPSA) is 98.1 Å². The fourth-order valence-corrected chi connectivity index (χ4v) is 4.14. The summed E-state index contributed by atoms with van der Waals surface area (Å²) in [5, 5.41) is 15.5. The first-order chi connectivity index (χ1) is 15.3. The van der Waals surface area contributed by atoms with Crippen molar-refractivity contribution in [1.82, 2.24) is 15.6 Å². The van der Waals surface area contributed by atoms with E-state index in [0.717, 1.165) is 41.0 Å². The van der Waals surface area contributed by atoms with Gasteiger partial charge in [0.15, 0.2) is 0 Å². The van der Waals surface area contributed by atoms with Gasteiger partial charge in [0.05, 0.1) is 5.56 Å². The summed E-state index contributed by atoms with van der Waals surface area (Å²) >= 11 is 0. The Morgan fingerprint density at radius 2 is 1.84 bits per heavy atom. The molecule has 1 atom stereocenters. The largest absolute Gasteiger partial charge is 0.355 e. The van der Waals surface area contributed by atoms with Crippen molar-refractivity contribution >= 4 is 17.6 Å². The minimum atomic E-state index is -0.612. The van der Waals surface area contributed by atoms with Crippen molar-refractivity contribution in [2.45, 2.75) is 59.0 Å². The van der Waals surface area contributed by atoms with E-state index in [2.05, 4.69) is 26.6 Å². The van der Waals surface area contributed by atoms with Crippen LogP contribution < -0.4 is 15.5 Å². The Morgan fingerprint density at radius 3 is 2.44 bits per heavy atom. The lowest BCUT2D eigenvalue weighted by Crippen LogP contribution is -2.52. The third-order valence-corrected chi connectivity index (χ3v) is 5.83. The van der Waals surface area contributed by atoms with Crippen LogP contribution in [-0.4, -0.2) is 42.0 Å². The molecule has 0 unspecified atom stereocenters. The van der Waals surface area contributed by atoms with Crippen LogP contribution in [0.5, 0.6) is 0 Å². The summed E-state index contributed by atoms with van der Waals surface area (Å²) in [6.45, 7) is 8.72. The molecule has 3 rings (SSSR count). The van der Waals surface area contributed by atoms with Gasteiger partial charge in [0.1, 0.15) is 17.9 Å². The third-order valence-electron chi connectivity index (χ3n) is 5.83. The second kappa shape index (κ2) is 10.3. The highest BCUT2D eigenvalue weighted by atomic mass is 16.2. The lowest BCUT2D eigenvalue weighted by Gasteiger charge is -2.34. The number of aromatic nitrogens is 1. The molecule has 7 nitrogen and oxygen atoms in total. The van der Waals surface area contributed by atoms with Gasteiger partial charge in [0.2, 0.25) is 11.8 Å². The van der Waals surface area contributed by atoms with Gasteiger partial charge in [-0.3, -0.25) is 9.59 Å². The van der Waals surface area contributed by atoms with Gasteiger partial charge >= 0.3 is 0 Å². The standard InChI is InChI=1S/C25H31N5O2/c1-16-5-7-20(8-6-16)14-23(28-19(4)31)25(32)29-21-9-11-30(12-10-21)24-22(15-26)17(2)13-18(3)27-24/h5-8,13,21,23H,9-12,14H2,1-4H3,(H,28,31)(H,29,32)/t23-/m1/s1. The Balaban J connectivity index is 1.62. The van der Waals surface area contributed by atoms with Crippen LogP contribution in [0.1, 0.15) is 47.7 Å². The number of carbonyl (C=O) groups is 2. The zero-order valence-corrected chi connectivity index (χ0v) is 19.2. The van der Waals surface area contributed by atoms with E-state index in [1.54, 1.807) is 0 Å². The minimum absolute atomic E-state index is 0.0180. The number of hydrogen-bond acceptors (Lipinski definition) is 5. The fourth-order valence-electron chi connectivity index (χ4n) is 4.14. The number of pyridine rings is 1. The molecule has 1 fully saturated rings. The van der Waals surface area contributed by atoms with Gasteiger partial charge in [-0.15, -0.1) is 0 Å². The number of amides is 2. The van der Waals surface area contributed by atoms with Crippen molar-refractivity contribution in [1.29, 1.82) is 5.26 Å². The Kier molecular flexibility index (Phi) is 7.47. The van der Waals surface area contributed by atoms with Gasteiger partial charge in [-0.1, -0.05) is 29.8 Å². The van der Waals surface area contributed by atoms with Gasteiger partial charge in [-0.2, -0.15) is 5.26 Å². The van der Waals surface area contributed by atoms with E-state index in [9.17, 15) is 14.9 Å². The van der Waals surface area contributed by atoms with Crippen LogP contribution in [-0.2, 0) is 16.0 Å². The van der Waals surface area contributed by atoms with E-state index in [-0.39, 0.29) is 17.9 Å². The first-order valence-electron chi connectivity index (χ1n) is 11.0. The summed E-state index contributed by atoms with van der Waals surface area (Å²) in [6, 6.07) is 11.6. The van der Waals surface area contributed by atoms with Crippen LogP contribution in [0.25, 0.3) is 0 Å². The Hall–Kier alpha value is -3.40. The number of rotatable bonds is 6. The number of nitriles is 1. The number of carbonyl (C=O) groups excluding carboxylic acids is 2. The first kappa shape index (κ1) is 23.3. The van der Waals surface area contributed by atoms with E-state index in [4.69, 9.17) is 0 Å². The Morgan fingerprint density at radius 1 is 1.19 bits per heavy atom. The molecule has 1 aliphatic rings. The quantitative estimate of drug-likeness (QED) is 0.730. The van der Waals surface area contributed by atoms with Crippen molar-refractivity contribution in [2.24, 2.45) is 0 Å². The maximum atomic E-state index is 13.0. The smallest absolute Gasteiger partial charge is 0.243 e. The van der Waals surface area contributed by atoms with Crippen molar-refractivity contribution in [3.8, 4) is 6.07 Å². The fraction of sp³-hybridized carbons (Fsp3) is 0.440. The van der Waals surface area contributed by atoms with Crippen LogP contribution >= 0.6 is 0 Å². The predicted octanol–water partition coefficient (Wildman–Crippen LogP) is 2.71. The highest BCUT2D eigenvalue weighted by molar-refractivity contribution is 5.87. The van der Waals surface area contributed by atoms with Crippen LogP contribution in [0.2, 0.25) is 0 Å². The number of nitrogens with zero attached hydrogens (tertiary/aromatic N) is 3. The van der Waals surface area contributed by atoms with Gasteiger partial charge in [0, 0.05) is 38.2 Å². The van der Waals surface area contributed by atoms with Crippen LogP contribution in [0.4, 0.5) is 5.82 Å². The second-order valence-electron chi connectivity index (χ2n) is 8.60. The number of piperidine rings is 1. The van der Waals surface area contributed by atoms with Crippen molar-refractivity contribution < 1.29 is 9.59 Å². The molecule has 0 aliphatic carbocycles. The third kappa shape index (κ3) is 5.85. The summed E-state index contributed by atoms with van der Waals surface area (Å²) in [5.41, 5.74) is 4.59. The molecule has 2 N–H and O–H groups in total. The molecule has 2 aromatic rings. The lowest BCUT2D eigenvalue weighted by molar-refractivity contribution is -0.128. The molecule has 1 aliphatic heterocycles. The molecule has 2 amide bonds. The summed E-state index contributed by atoms with van der Waals surface area (Å²) in [6.07, 6.45) is 1.95. The Bertz CT molecular complexity index is 1020. The summed E-state index contributed by atoms with van der Waals surface area (Å²) in [4.78, 5) is 31.4. The average Bonchev–Trinajstić information content (AvgIpc) is 2.74. The summed E-state index contributed by atoms with van der Waals surface area (Å²) in [5.74, 6) is 0.337. The normalized spacial score (nSPS) is 15.0. The predicted molar refractivity (Wildman–Crippen MR) is 124 cm³/mol. The van der Waals surface area contributed by atoms with E-state index >= 15 is 0 Å². The molecule has 0 spiro atoms. The molecule has 0 bridgehead atoms. The first-order valence-corrected chi connectivity index (χ1v) is 11.0. The van der Waals surface area contributed by atoms with E-state index in [1.807, 2.05) is 51.1 Å². The SMILES string of the molecule is CC(=O)N[C@H](Cc1ccc(C)cc1)C(=O)NC1CCN(c2nc(C)cc(C)c2C#N)CC1. The molecule has 1 saturated heterocycles. The molecule has 32 heavy (non-hydrogen) atoms. The number of benzene rings is 1. The maximum Gasteiger partial charge on any atom is 0.243 e. The molecule has 1 aromatic heterocycles. The molecule has 1 aromatic carbocycles. The van der Waals surface area contributed by atoms with E-state index in [0.29, 0.717) is 25.1 Å². The van der Waals surface area contributed by atoms with Crippen molar-refractivity contribution in [3.05, 3.63) is 58.3 Å². The van der Waals surface area contributed by atoms with Crippen molar-refractivity contribution in [2.75, 3.05) is 18.0 Å². The number of nitrogens with one attached hydrogen (secondary N) is 2. The molecule has 0 radical (unpaired) electrons. The van der Waals surface area contributed by atoms with E-state index < -0.39 is 6.04 Å². The molecule has 0 saturated carbocycles. The zero-order chi connectivity index (χ0) is 23.3. The molecular weight excluding hydrogens is 402 g/mol.